The van der Waals surface area contributed by atoms with Gasteiger partial charge in [-0.25, -0.2) is 27.7 Å². The maximum atomic E-state index is 15.3. The smallest absolute Gasteiger partial charge is 0.407 e. The summed E-state index contributed by atoms with van der Waals surface area (Å²) in [4.78, 5) is 33.0. The Morgan fingerprint density at radius 1 is 1.13 bits per heavy atom. The van der Waals surface area contributed by atoms with Gasteiger partial charge in [-0.1, -0.05) is 30.3 Å². The molecule has 3 N–H and O–H groups in total. The highest BCUT2D eigenvalue weighted by Gasteiger charge is 2.42. The number of aliphatic hydroxyl groups excluding tert-OH is 1. The molecule has 0 radical (unpaired) electrons. The molecule has 2 aromatic carbocycles. The fraction of sp³-hybridized carbons (Fsp3) is 0.469. The number of likely N-dealkylation sites (tertiary alicyclic amines) is 1. The minimum Gasteiger partial charge on any atom is -0.465 e. The molecule has 3 amide bonds. The van der Waals surface area contributed by atoms with Crippen molar-refractivity contribution in [3.05, 3.63) is 77.8 Å². The van der Waals surface area contributed by atoms with Crippen LogP contribution < -0.4 is 5.32 Å². The molecule has 242 valence electrons. The average Bonchev–Trinajstić information content (AvgIpc) is 3.62. The molecule has 2 aliphatic heterocycles. The standard InChI is InChI=1S/C32H38F3N5O5/c1-20(19-41)36-31(42)40(16-23-15-39(32(43)44)17-27(23)35)29(22-9-11-45-12-10-22)30-37-28(25-13-24(33)7-8-26(25)34)18-38(30)14-21-5-3-2-4-6-21/h2-8,13,18,20,22-23,27,29,41H,9-12,14-17,19H2,1H3,(H,36,42)(H,43,44)/t20-,23?,27?,29?/m0/s1. The molecule has 0 spiro atoms. The highest BCUT2D eigenvalue weighted by atomic mass is 19.1. The molecule has 3 unspecified atom stereocenters. The molecule has 2 fully saturated rings. The lowest BCUT2D eigenvalue weighted by Crippen LogP contribution is -2.51. The van der Waals surface area contributed by atoms with Gasteiger partial charge in [0, 0.05) is 50.5 Å². The van der Waals surface area contributed by atoms with E-state index >= 15 is 8.78 Å². The number of aliphatic hydroxyl groups is 1. The van der Waals surface area contributed by atoms with Crippen molar-refractivity contribution in [1.29, 1.82) is 0 Å². The zero-order valence-corrected chi connectivity index (χ0v) is 25.0. The van der Waals surface area contributed by atoms with E-state index in [0.717, 1.165) is 28.7 Å². The third kappa shape index (κ3) is 7.59. The first-order valence-electron chi connectivity index (χ1n) is 15.1. The van der Waals surface area contributed by atoms with Crippen molar-refractivity contribution in [2.45, 2.75) is 44.6 Å². The van der Waals surface area contributed by atoms with Gasteiger partial charge in [-0.15, -0.1) is 0 Å². The van der Waals surface area contributed by atoms with E-state index in [2.05, 4.69) is 5.32 Å². The summed E-state index contributed by atoms with van der Waals surface area (Å²) < 4.78 is 52.1. The summed E-state index contributed by atoms with van der Waals surface area (Å²) in [6, 6.07) is 10.6. The molecule has 0 saturated carbocycles. The van der Waals surface area contributed by atoms with Crippen molar-refractivity contribution in [2.24, 2.45) is 11.8 Å². The van der Waals surface area contributed by atoms with E-state index in [1.165, 1.54) is 4.90 Å². The molecule has 3 aromatic rings. The van der Waals surface area contributed by atoms with Crippen LogP contribution in [0.25, 0.3) is 11.3 Å². The number of imidazole rings is 1. The molecule has 13 heteroatoms. The van der Waals surface area contributed by atoms with E-state index in [9.17, 15) is 24.2 Å². The molecular formula is C32H38F3N5O5. The number of benzene rings is 2. The van der Waals surface area contributed by atoms with E-state index in [4.69, 9.17) is 9.72 Å². The molecular weight excluding hydrogens is 591 g/mol. The quantitative estimate of drug-likeness (QED) is 0.300. The largest absolute Gasteiger partial charge is 0.465 e. The van der Waals surface area contributed by atoms with Crippen molar-refractivity contribution in [3.63, 3.8) is 0 Å². The second kappa shape index (κ2) is 14.3. The number of hydrogen-bond acceptors (Lipinski definition) is 5. The number of nitrogens with zero attached hydrogens (tertiary/aromatic N) is 4. The van der Waals surface area contributed by atoms with Crippen molar-refractivity contribution in [2.75, 3.05) is 39.5 Å². The molecule has 0 bridgehead atoms. The Labute approximate surface area is 259 Å². The summed E-state index contributed by atoms with van der Waals surface area (Å²) >= 11 is 0. The molecule has 5 rings (SSSR count). The summed E-state index contributed by atoms with van der Waals surface area (Å²) in [5.41, 5.74) is 1.02. The lowest BCUT2D eigenvalue weighted by Gasteiger charge is -2.40. The van der Waals surface area contributed by atoms with Crippen molar-refractivity contribution < 1.29 is 37.7 Å². The molecule has 2 saturated heterocycles. The number of amides is 3. The zero-order valence-electron chi connectivity index (χ0n) is 25.0. The van der Waals surface area contributed by atoms with Gasteiger partial charge < -0.3 is 34.6 Å². The number of aromatic nitrogens is 2. The van der Waals surface area contributed by atoms with Crippen molar-refractivity contribution in [1.82, 2.24) is 24.7 Å². The normalized spacial score (nSPS) is 20.2. The monoisotopic (exact) mass is 629 g/mol. The molecule has 1 aromatic heterocycles. The van der Waals surface area contributed by atoms with E-state index in [-0.39, 0.29) is 43.4 Å². The molecule has 45 heavy (non-hydrogen) atoms. The summed E-state index contributed by atoms with van der Waals surface area (Å²) in [5, 5.41) is 22.0. The van der Waals surface area contributed by atoms with Crippen LogP contribution in [-0.4, -0.2) is 93.4 Å². The summed E-state index contributed by atoms with van der Waals surface area (Å²) in [7, 11) is 0. The van der Waals surface area contributed by atoms with Gasteiger partial charge in [-0.2, -0.15) is 0 Å². The minimum atomic E-state index is -1.51. The van der Waals surface area contributed by atoms with Gasteiger partial charge in [0.05, 0.1) is 30.9 Å². The Hall–Kier alpha value is -4.10. The second-order valence-corrected chi connectivity index (χ2v) is 11.8. The number of rotatable bonds is 10. The van der Waals surface area contributed by atoms with Gasteiger partial charge in [0.25, 0.3) is 0 Å². The minimum absolute atomic E-state index is 0.0459. The number of hydrogen-bond donors (Lipinski definition) is 3. The predicted octanol–water partition coefficient (Wildman–Crippen LogP) is 4.68. The number of halogens is 3. The SMILES string of the molecule is C[C@@H](CO)NC(=O)N(CC1CN(C(=O)O)CC1F)C(c1nc(-c2cc(F)ccc2F)cn1Cc1ccccc1)C1CCOCC1. The third-order valence-corrected chi connectivity index (χ3v) is 8.49. The predicted molar refractivity (Wildman–Crippen MR) is 159 cm³/mol. The van der Waals surface area contributed by atoms with Crippen LogP contribution in [0.1, 0.15) is 37.2 Å². The third-order valence-electron chi connectivity index (χ3n) is 8.49. The van der Waals surface area contributed by atoms with E-state index in [1.54, 1.807) is 17.7 Å². The van der Waals surface area contributed by atoms with E-state index in [0.29, 0.717) is 38.4 Å². The Balaban J connectivity index is 1.64. The molecule has 3 heterocycles. The van der Waals surface area contributed by atoms with Crippen LogP contribution in [0.15, 0.2) is 54.7 Å². The summed E-state index contributed by atoms with van der Waals surface area (Å²) in [6.07, 6.45) is -0.0547. The van der Waals surface area contributed by atoms with Gasteiger partial charge in [-0.05, 0) is 49.4 Å². The number of carboxylic acid groups (broad SMARTS) is 1. The average molecular weight is 630 g/mol. The van der Waals surface area contributed by atoms with Gasteiger partial charge in [0.1, 0.15) is 23.6 Å². The first-order chi connectivity index (χ1) is 21.6. The highest BCUT2D eigenvalue weighted by molar-refractivity contribution is 5.75. The van der Waals surface area contributed by atoms with Crippen LogP contribution >= 0.6 is 0 Å². The number of ether oxygens (including phenoxy) is 1. The summed E-state index contributed by atoms with van der Waals surface area (Å²) in [6.45, 7) is 1.86. The van der Waals surface area contributed by atoms with Crippen LogP contribution in [-0.2, 0) is 11.3 Å². The van der Waals surface area contributed by atoms with Crippen LogP contribution in [0.4, 0.5) is 22.8 Å². The number of alkyl halides is 1. The van der Waals surface area contributed by atoms with Crippen LogP contribution in [0.3, 0.4) is 0 Å². The Morgan fingerprint density at radius 3 is 2.53 bits per heavy atom. The first kappa shape index (κ1) is 32.3. The Morgan fingerprint density at radius 2 is 1.87 bits per heavy atom. The van der Waals surface area contributed by atoms with Gasteiger partial charge >= 0.3 is 12.1 Å². The van der Waals surface area contributed by atoms with E-state index < -0.39 is 47.9 Å². The highest BCUT2D eigenvalue weighted by Crippen LogP contribution is 2.38. The van der Waals surface area contributed by atoms with Crippen LogP contribution in [0.5, 0.6) is 0 Å². The fourth-order valence-electron chi connectivity index (χ4n) is 6.11. The molecule has 2 aliphatic rings. The van der Waals surface area contributed by atoms with Gasteiger partial charge in [0.15, 0.2) is 0 Å². The van der Waals surface area contributed by atoms with Crippen molar-refractivity contribution in [3.8, 4) is 11.3 Å². The van der Waals surface area contributed by atoms with Crippen LogP contribution in [0.2, 0.25) is 0 Å². The molecule has 4 atom stereocenters. The number of urea groups is 1. The molecule has 0 aliphatic carbocycles. The van der Waals surface area contributed by atoms with Gasteiger partial charge in [-0.3, -0.25) is 0 Å². The maximum Gasteiger partial charge on any atom is 0.407 e. The zero-order chi connectivity index (χ0) is 32.1. The summed E-state index contributed by atoms with van der Waals surface area (Å²) in [5.74, 6) is -1.95. The lowest BCUT2D eigenvalue weighted by atomic mass is 9.89. The molecule has 10 nitrogen and oxygen atoms in total. The van der Waals surface area contributed by atoms with Crippen LogP contribution in [0, 0.1) is 23.5 Å². The Kier molecular flexibility index (Phi) is 10.3. The van der Waals surface area contributed by atoms with E-state index in [1.807, 2.05) is 30.3 Å². The first-order valence-corrected chi connectivity index (χ1v) is 15.1. The maximum absolute atomic E-state index is 15.3. The van der Waals surface area contributed by atoms with Gasteiger partial charge in [0.2, 0.25) is 0 Å². The topological polar surface area (TPSA) is 120 Å². The van der Waals surface area contributed by atoms with Crippen molar-refractivity contribution >= 4 is 12.1 Å². The number of nitrogens with one attached hydrogen (secondary N) is 1. The lowest BCUT2D eigenvalue weighted by molar-refractivity contribution is 0.0251. The number of carbonyl (C=O) groups is 2. The second-order valence-electron chi connectivity index (χ2n) is 11.8. The number of carbonyl (C=O) groups excluding carboxylic acids is 1. The Bertz CT molecular complexity index is 1470. The fourth-order valence-corrected chi connectivity index (χ4v) is 6.11.